The molecule has 0 saturated heterocycles. The summed E-state index contributed by atoms with van der Waals surface area (Å²) in [6, 6.07) is 3.43. The van der Waals surface area contributed by atoms with Gasteiger partial charge in [0, 0.05) is 29.1 Å². The molecule has 0 spiro atoms. The van der Waals surface area contributed by atoms with E-state index < -0.39 is 0 Å². The summed E-state index contributed by atoms with van der Waals surface area (Å²) in [5.74, 6) is 1.88. The number of allylic oxidation sites excluding steroid dienone is 1. The molecule has 5 rings (SSSR count). The fourth-order valence-corrected chi connectivity index (χ4v) is 7.30. The molecule has 6 atom stereocenters. The van der Waals surface area contributed by atoms with Gasteiger partial charge >= 0.3 is 0 Å². The lowest BCUT2D eigenvalue weighted by molar-refractivity contribution is -0.0209. The monoisotopic (exact) mass is 407 g/mol. The SMILES string of the molecule is C[C@]12CC[C@H](O)CC1=CC[C@@H]1[C@@H]2CC[C@]2(C)C(=NNC(=O)c3ccncc3)CC[C@@H]12. The second-order valence-electron chi connectivity index (χ2n) is 10.4. The van der Waals surface area contributed by atoms with Crippen LogP contribution in [0.25, 0.3) is 0 Å². The number of hydrogen-bond acceptors (Lipinski definition) is 4. The number of carbonyl (C=O) groups excluding carboxylic acids is 1. The van der Waals surface area contributed by atoms with E-state index in [-0.39, 0.29) is 22.8 Å². The Labute approximate surface area is 179 Å². The summed E-state index contributed by atoms with van der Waals surface area (Å²) in [5, 5.41) is 14.8. The standard InChI is InChI=1S/C25H33N3O2/c1-24-11-7-18(29)15-17(24)3-4-19-20-5-6-22(25(20,2)12-8-21(19)24)27-28-23(30)16-9-13-26-14-10-16/h3,9-10,13-14,18-21,29H,4-8,11-12,15H2,1-2H3,(H,28,30)/t18-,19-,20-,21-,24-,25-/m0/s1. The Bertz CT molecular complexity index is 895. The zero-order valence-electron chi connectivity index (χ0n) is 18.1. The van der Waals surface area contributed by atoms with Crippen LogP contribution in [0.5, 0.6) is 0 Å². The first-order chi connectivity index (χ1) is 14.4. The van der Waals surface area contributed by atoms with E-state index in [2.05, 4.69) is 35.4 Å². The minimum Gasteiger partial charge on any atom is -0.393 e. The third-order valence-electron chi connectivity index (χ3n) is 9.05. The summed E-state index contributed by atoms with van der Waals surface area (Å²) in [5.41, 5.74) is 6.44. The molecule has 3 fully saturated rings. The van der Waals surface area contributed by atoms with Crippen LogP contribution in [0.15, 0.2) is 41.3 Å². The number of nitrogens with zero attached hydrogens (tertiary/aromatic N) is 2. The molecule has 4 aliphatic rings. The van der Waals surface area contributed by atoms with Gasteiger partial charge in [-0.2, -0.15) is 5.10 Å². The molecule has 4 aliphatic carbocycles. The first-order valence-electron chi connectivity index (χ1n) is 11.6. The van der Waals surface area contributed by atoms with Crippen LogP contribution in [0.4, 0.5) is 0 Å². The molecule has 1 amide bonds. The van der Waals surface area contributed by atoms with Gasteiger partial charge < -0.3 is 5.11 Å². The second-order valence-corrected chi connectivity index (χ2v) is 10.4. The quantitative estimate of drug-likeness (QED) is 0.560. The Kier molecular flexibility index (Phi) is 4.85. The molecule has 5 nitrogen and oxygen atoms in total. The molecule has 5 heteroatoms. The van der Waals surface area contributed by atoms with Gasteiger partial charge in [-0.05, 0) is 86.7 Å². The number of amides is 1. The van der Waals surface area contributed by atoms with Crippen molar-refractivity contribution >= 4 is 11.6 Å². The Hall–Kier alpha value is -2.01. The van der Waals surface area contributed by atoms with Crippen molar-refractivity contribution < 1.29 is 9.90 Å². The number of hydrazone groups is 1. The summed E-state index contributed by atoms with van der Waals surface area (Å²) in [4.78, 5) is 16.4. The van der Waals surface area contributed by atoms with Crippen molar-refractivity contribution in [2.45, 2.75) is 71.3 Å². The number of aliphatic hydroxyl groups excluding tert-OH is 1. The number of pyridine rings is 1. The van der Waals surface area contributed by atoms with Gasteiger partial charge in [0.2, 0.25) is 0 Å². The highest BCUT2D eigenvalue weighted by atomic mass is 16.3. The molecule has 0 aromatic carbocycles. The van der Waals surface area contributed by atoms with Crippen molar-refractivity contribution in [1.29, 1.82) is 0 Å². The average molecular weight is 408 g/mol. The van der Waals surface area contributed by atoms with Crippen molar-refractivity contribution in [2.75, 3.05) is 0 Å². The molecule has 1 heterocycles. The zero-order valence-corrected chi connectivity index (χ0v) is 18.1. The summed E-state index contributed by atoms with van der Waals surface area (Å²) < 4.78 is 0. The summed E-state index contributed by atoms with van der Waals surface area (Å²) in [6.45, 7) is 4.84. The third-order valence-corrected chi connectivity index (χ3v) is 9.05. The lowest BCUT2D eigenvalue weighted by Gasteiger charge is -2.57. The average Bonchev–Trinajstić information content (AvgIpc) is 3.09. The van der Waals surface area contributed by atoms with Gasteiger partial charge in [0.15, 0.2) is 0 Å². The van der Waals surface area contributed by atoms with E-state index in [0.717, 1.165) is 38.5 Å². The van der Waals surface area contributed by atoms with Gasteiger partial charge in [-0.1, -0.05) is 25.5 Å². The largest absolute Gasteiger partial charge is 0.393 e. The highest BCUT2D eigenvalue weighted by Gasteiger charge is 2.57. The number of rotatable bonds is 2. The first-order valence-corrected chi connectivity index (χ1v) is 11.6. The van der Waals surface area contributed by atoms with Crippen LogP contribution in [-0.2, 0) is 0 Å². The summed E-state index contributed by atoms with van der Waals surface area (Å²) in [7, 11) is 0. The Morgan fingerprint density at radius 2 is 1.87 bits per heavy atom. The van der Waals surface area contributed by atoms with Crippen LogP contribution in [-0.4, -0.2) is 27.8 Å². The highest BCUT2D eigenvalue weighted by molar-refractivity contribution is 5.97. The molecule has 0 radical (unpaired) electrons. The lowest BCUT2D eigenvalue weighted by atomic mass is 9.48. The highest BCUT2D eigenvalue weighted by Crippen LogP contribution is 2.64. The molecule has 1 aromatic rings. The molecule has 0 unspecified atom stereocenters. The van der Waals surface area contributed by atoms with Gasteiger partial charge in [0.1, 0.15) is 0 Å². The molecule has 3 saturated carbocycles. The van der Waals surface area contributed by atoms with Crippen LogP contribution in [0, 0.1) is 28.6 Å². The number of aromatic nitrogens is 1. The van der Waals surface area contributed by atoms with Gasteiger partial charge in [-0.3, -0.25) is 9.78 Å². The number of hydrogen-bond donors (Lipinski definition) is 2. The first kappa shape index (κ1) is 19.9. The van der Waals surface area contributed by atoms with Crippen molar-refractivity contribution in [3.8, 4) is 0 Å². The molecular weight excluding hydrogens is 374 g/mol. The maximum Gasteiger partial charge on any atom is 0.271 e. The van der Waals surface area contributed by atoms with Gasteiger partial charge in [-0.25, -0.2) is 5.43 Å². The number of carbonyl (C=O) groups is 1. The van der Waals surface area contributed by atoms with Crippen LogP contribution < -0.4 is 5.43 Å². The summed E-state index contributed by atoms with van der Waals surface area (Å²) in [6.07, 6.45) is 14.2. The van der Waals surface area contributed by atoms with Crippen LogP contribution >= 0.6 is 0 Å². The molecular formula is C25H33N3O2. The Morgan fingerprint density at radius 1 is 1.13 bits per heavy atom. The van der Waals surface area contributed by atoms with E-state index >= 15 is 0 Å². The van der Waals surface area contributed by atoms with E-state index in [0.29, 0.717) is 23.3 Å². The van der Waals surface area contributed by atoms with Gasteiger partial charge in [0.25, 0.3) is 5.91 Å². The predicted octanol–water partition coefficient (Wildman–Crippen LogP) is 4.49. The second kappa shape index (κ2) is 7.30. The molecule has 160 valence electrons. The maximum absolute atomic E-state index is 12.4. The minimum absolute atomic E-state index is 0.0859. The van der Waals surface area contributed by atoms with E-state index in [4.69, 9.17) is 0 Å². The fourth-order valence-electron chi connectivity index (χ4n) is 7.30. The minimum atomic E-state index is -0.163. The van der Waals surface area contributed by atoms with E-state index in [1.165, 1.54) is 24.1 Å². The van der Waals surface area contributed by atoms with Gasteiger partial charge in [-0.15, -0.1) is 0 Å². The molecule has 30 heavy (non-hydrogen) atoms. The summed E-state index contributed by atoms with van der Waals surface area (Å²) >= 11 is 0. The fraction of sp³-hybridized carbons (Fsp3) is 0.640. The third kappa shape index (κ3) is 3.05. The smallest absolute Gasteiger partial charge is 0.271 e. The van der Waals surface area contributed by atoms with Crippen molar-refractivity contribution in [1.82, 2.24) is 10.4 Å². The lowest BCUT2D eigenvalue weighted by Crippen LogP contribution is -2.50. The molecule has 2 N–H and O–H groups in total. The van der Waals surface area contributed by atoms with Crippen LogP contribution in [0.3, 0.4) is 0 Å². The Balaban J connectivity index is 1.36. The van der Waals surface area contributed by atoms with Crippen molar-refractivity contribution in [3.63, 3.8) is 0 Å². The Morgan fingerprint density at radius 3 is 2.67 bits per heavy atom. The molecule has 0 bridgehead atoms. The van der Waals surface area contributed by atoms with E-state index in [1.807, 2.05) is 0 Å². The predicted molar refractivity (Wildman–Crippen MR) is 117 cm³/mol. The van der Waals surface area contributed by atoms with E-state index in [9.17, 15) is 9.90 Å². The topological polar surface area (TPSA) is 74.6 Å². The number of nitrogens with one attached hydrogen (secondary N) is 1. The van der Waals surface area contributed by atoms with Gasteiger partial charge in [0.05, 0.1) is 6.10 Å². The maximum atomic E-state index is 12.4. The zero-order chi connectivity index (χ0) is 20.9. The van der Waals surface area contributed by atoms with E-state index in [1.54, 1.807) is 24.5 Å². The van der Waals surface area contributed by atoms with Crippen LogP contribution in [0.2, 0.25) is 0 Å². The van der Waals surface area contributed by atoms with Crippen molar-refractivity contribution in [3.05, 3.63) is 41.7 Å². The normalized spacial score (nSPS) is 41.4. The molecule has 0 aliphatic heterocycles. The van der Waals surface area contributed by atoms with Crippen molar-refractivity contribution in [2.24, 2.45) is 33.7 Å². The number of fused-ring (bicyclic) bond motifs is 5. The number of aliphatic hydroxyl groups is 1. The van der Waals surface area contributed by atoms with Crippen LogP contribution in [0.1, 0.15) is 75.6 Å². The molecule has 1 aromatic heterocycles.